The molecule has 0 radical (unpaired) electrons. The van der Waals surface area contributed by atoms with Gasteiger partial charge in [-0.3, -0.25) is 4.57 Å². The number of benzene rings is 1. The number of hydrogen-bond donors (Lipinski definition) is 0. The Balaban J connectivity index is 1.64. The first-order valence-electron chi connectivity index (χ1n) is 10.1. The lowest BCUT2D eigenvalue weighted by molar-refractivity contribution is 0.128. The minimum atomic E-state index is 0.355. The van der Waals surface area contributed by atoms with Crippen LogP contribution in [0.25, 0.3) is 11.4 Å². The third-order valence-electron chi connectivity index (χ3n) is 5.83. The van der Waals surface area contributed by atoms with Crippen LogP contribution in [0.5, 0.6) is 5.75 Å². The lowest BCUT2D eigenvalue weighted by Crippen LogP contribution is -2.23. The van der Waals surface area contributed by atoms with Crippen LogP contribution in [0.15, 0.2) is 29.4 Å². The Bertz CT molecular complexity index is 740. The predicted molar refractivity (Wildman–Crippen MR) is 108 cm³/mol. The molecule has 1 aliphatic carbocycles. The Morgan fingerprint density at radius 3 is 2.63 bits per heavy atom. The van der Waals surface area contributed by atoms with Gasteiger partial charge in [0.25, 0.3) is 0 Å². The van der Waals surface area contributed by atoms with Crippen LogP contribution >= 0.6 is 11.8 Å². The van der Waals surface area contributed by atoms with Gasteiger partial charge >= 0.3 is 0 Å². The Labute approximate surface area is 165 Å². The molecular weight excluding hydrogens is 358 g/mol. The highest BCUT2D eigenvalue weighted by Crippen LogP contribution is 2.39. The van der Waals surface area contributed by atoms with Crippen molar-refractivity contribution in [2.45, 2.75) is 62.8 Å². The van der Waals surface area contributed by atoms with Crippen molar-refractivity contribution >= 4 is 11.8 Å². The standard InChI is InChI=1S/C21H29N3O2S/c1-15-6-3-4-8-19(15)24-20(16-9-11-17(25-2)12-10-16)22-23-21(24)27-14-18-7-5-13-26-18/h9-12,15,18-19H,3-8,13-14H2,1-2H3/t15-,18-,19+/m0/s1. The van der Waals surface area contributed by atoms with Gasteiger partial charge in [0.1, 0.15) is 5.75 Å². The fourth-order valence-electron chi connectivity index (χ4n) is 4.23. The van der Waals surface area contributed by atoms with Gasteiger partial charge in [-0.2, -0.15) is 0 Å². The molecule has 2 aliphatic rings. The number of methoxy groups -OCH3 is 1. The summed E-state index contributed by atoms with van der Waals surface area (Å²) < 4.78 is 13.5. The van der Waals surface area contributed by atoms with E-state index in [4.69, 9.17) is 9.47 Å². The van der Waals surface area contributed by atoms with Crippen LogP contribution in [0, 0.1) is 5.92 Å². The second-order valence-electron chi connectivity index (χ2n) is 7.68. The molecule has 27 heavy (non-hydrogen) atoms. The van der Waals surface area contributed by atoms with Gasteiger partial charge in [-0.15, -0.1) is 10.2 Å². The number of aromatic nitrogens is 3. The maximum Gasteiger partial charge on any atom is 0.191 e. The highest BCUT2D eigenvalue weighted by molar-refractivity contribution is 7.99. The number of ether oxygens (including phenoxy) is 2. The molecule has 2 aromatic rings. The smallest absolute Gasteiger partial charge is 0.191 e. The zero-order chi connectivity index (χ0) is 18.6. The summed E-state index contributed by atoms with van der Waals surface area (Å²) in [7, 11) is 1.70. The highest BCUT2D eigenvalue weighted by atomic mass is 32.2. The highest BCUT2D eigenvalue weighted by Gasteiger charge is 2.29. The summed E-state index contributed by atoms with van der Waals surface area (Å²) in [5, 5.41) is 10.2. The van der Waals surface area contributed by atoms with Crippen molar-refractivity contribution in [3.8, 4) is 17.1 Å². The molecule has 6 heteroatoms. The fourth-order valence-corrected chi connectivity index (χ4v) is 5.29. The van der Waals surface area contributed by atoms with Crippen molar-refractivity contribution < 1.29 is 9.47 Å². The maximum absolute atomic E-state index is 5.81. The van der Waals surface area contributed by atoms with Crippen LogP contribution in [0.3, 0.4) is 0 Å². The minimum Gasteiger partial charge on any atom is -0.497 e. The molecule has 1 aromatic heterocycles. The Hall–Kier alpha value is -1.53. The zero-order valence-corrected chi connectivity index (χ0v) is 17.1. The van der Waals surface area contributed by atoms with Gasteiger partial charge in [0.15, 0.2) is 11.0 Å². The molecule has 1 saturated heterocycles. The largest absolute Gasteiger partial charge is 0.497 e. The van der Waals surface area contributed by atoms with Crippen molar-refractivity contribution in [3.05, 3.63) is 24.3 Å². The van der Waals surface area contributed by atoms with Crippen molar-refractivity contribution in [1.29, 1.82) is 0 Å². The Morgan fingerprint density at radius 1 is 1.11 bits per heavy atom. The van der Waals surface area contributed by atoms with Gasteiger partial charge in [0.05, 0.1) is 13.2 Å². The summed E-state index contributed by atoms with van der Waals surface area (Å²) in [6.45, 7) is 3.27. The first-order valence-corrected chi connectivity index (χ1v) is 11.1. The van der Waals surface area contributed by atoms with E-state index in [9.17, 15) is 0 Å². The van der Waals surface area contributed by atoms with Gasteiger partial charge in [0.2, 0.25) is 0 Å². The molecule has 146 valence electrons. The van der Waals surface area contributed by atoms with Crippen LogP contribution in [0.2, 0.25) is 0 Å². The molecule has 0 amide bonds. The lowest BCUT2D eigenvalue weighted by Gasteiger charge is -2.31. The summed E-state index contributed by atoms with van der Waals surface area (Å²) >= 11 is 1.80. The van der Waals surface area contributed by atoms with Crippen LogP contribution in [-0.2, 0) is 4.74 Å². The summed E-state index contributed by atoms with van der Waals surface area (Å²) in [4.78, 5) is 0. The topological polar surface area (TPSA) is 49.2 Å². The van der Waals surface area contributed by atoms with Gasteiger partial charge in [-0.1, -0.05) is 31.5 Å². The van der Waals surface area contributed by atoms with E-state index >= 15 is 0 Å². The molecular formula is C21H29N3O2S. The SMILES string of the molecule is COc1ccc(-c2nnc(SC[C@@H]3CCCO3)n2[C@@H]2CCCC[C@@H]2C)cc1. The zero-order valence-electron chi connectivity index (χ0n) is 16.3. The molecule has 3 atom stereocenters. The maximum atomic E-state index is 5.81. The second-order valence-corrected chi connectivity index (χ2v) is 8.67. The molecule has 2 fully saturated rings. The monoisotopic (exact) mass is 387 g/mol. The number of nitrogens with zero attached hydrogens (tertiary/aromatic N) is 3. The minimum absolute atomic E-state index is 0.355. The lowest BCUT2D eigenvalue weighted by atomic mass is 9.85. The number of hydrogen-bond acceptors (Lipinski definition) is 5. The summed E-state index contributed by atoms with van der Waals surface area (Å²) in [5.74, 6) is 3.45. The van der Waals surface area contributed by atoms with E-state index in [-0.39, 0.29) is 0 Å². The van der Waals surface area contributed by atoms with Crippen LogP contribution in [-0.4, -0.2) is 40.3 Å². The van der Waals surface area contributed by atoms with Gasteiger partial charge in [-0.25, -0.2) is 0 Å². The molecule has 0 spiro atoms. The molecule has 4 rings (SSSR count). The van der Waals surface area contributed by atoms with Crippen LogP contribution < -0.4 is 4.74 Å². The van der Waals surface area contributed by atoms with E-state index in [0.717, 1.165) is 41.1 Å². The first kappa shape index (κ1) is 18.8. The third kappa shape index (κ3) is 4.16. The van der Waals surface area contributed by atoms with Crippen LogP contribution in [0.4, 0.5) is 0 Å². The third-order valence-corrected chi connectivity index (χ3v) is 6.91. The summed E-state index contributed by atoms with van der Waals surface area (Å²) in [6.07, 6.45) is 7.78. The van der Waals surface area contributed by atoms with E-state index < -0.39 is 0 Å². The first-order chi connectivity index (χ1) is 13.3. The van der Waals surface area contributed by atoms with Gasteiger partial charge < -0.3 is 9.47 Å². The Morgan fingerprint density at radius 2 is 1.93 bits per heavy atom. The molecule has 1 aliphatic heterocycles. The average Bonchev–Trinajstić information content (AvgIpc) is 3.36. The van der Waals surface area contributed by atoms with Crippen molar-refractivity contribution in [3.63, 3.8) is 0 Å². The summed E-state index contributed by atoms with van der Waals surface area (Å²) in [6, 6.07) is 8.64. The number of thioether (sulfide) groups is 1. The molecule has 0 unspecified atom stereocenters. The van der Waals surface area contributed by atoms with E-state index in [2.05, 4.69) is 33.8 Å². The van der Waals surface area contributed by atoms with Crippen molar-refractivity contribution in [1.82, 2.24) is 14.8 Å². The molecule has 2 heterocycles. The average molecular weight is 388 g/mol. The fraction of sp³-hybridized carbons (Fsp3) is 0.619. The van der Waals surface area contributed by atoms with Gasteiger partial charge in [0, 0.05) is 24.0 Å². The van der Waals surface area contributed by atoms with Crippen molar-refractivity contribution in [2.24, 2.45) is 5.92 Å². The quantitative estimate of drug-likeness (QED) is 0.655. The van der Waals surface area contributed by atoms with E-state index in [1.807, 2.05) is 12.1 Å². The van der Waals surface area contributed by atoms with Crippen molar-refractivity contribution in [2.75, 3.05) is 19.5 Å². The normalized spacial score (nSPS) is 25.6. The van der Waals surface area contributed by atoms with E-state index in [0.29, 0.717) is 18.1 Å². The molecule has 1 aromatic carbocycles. The van der Waals surface area contributed by atoms with E-state index in [1.54, 1.807) is 18.9 Å². The van der Waals surface area contributed by atoms with Crippen LogP contribution in [0.1, 0.15) is 51.5 Å². The molecule has 1 saturated carbocycles. The molecule has 0 bridgehead atoms. The van der Waals surface area contributed by atoms with E-state index in [1.165, 1.54) is 32.1 Å². The number of rotatable bonds is 6. The second kappa shape index (κ2) is 8.65. The summed E-state index contributed by atoms with van der Waals surface area (Å²) in [5.41, 5.74) is 1.10. The Kier molecular flexibility index (Phi) is 6.03. The van der Waals surface area contributed by atoms with Gasteiger partial charge in [-0.05, 0) is 55.9 Å². The predicted octanol–water partition coefficient (Wildman–Crippen LogP) is 4.98. The molecule has 5 nitrogen and oxygen atoms in total. The molecule has 0 N–H and O–H groups in total.